The molecule has 0 radical (unpaired) electrons. The number of aliphatic carboxylic acids is 2. The van der Waals surface area contributed by atoms with Gasteiger partial charge in [0, 0.05) is 25.7 Å². The van der Waals surface area contributed by atoms with Crippen molar-refractivity contribution in [1.29, 1.82) is 0 Å². The van der Waals surface area contributed by atoms with E-state index in [0.717, 1.165) is 128 Å². The largest absolute Gasteiger partial charge is 0.481 e. The zero-order valence-electron chi connectivity index (χ0n) is 37.3. The second-order valence-electron chi connectivity index (χ2n) is 16.6. The van der Waals surface area contributed by atoms with Crippen molar-refractivity contribution in [1.82, 2.24) is 0 Å². The minimum absolute atomic E-state index is 0.00398. The number of hydrogen-bond acceptors (Lipinski definition) is 10. The van der Waals surface area contributed by atoms with E-state index in [4.69, 9.17) is 30.2 Å². The van der Waals surface area contributed by atoms with E-state index >= 15 is 0 Å². The van der Waals surface area contributed by atoms with E-state index in [1.165, 1.54) is 57.8 Å². The van der Waals surface area contributed by atoms with Crippen LogP contribution in [0.1, 0.15) is 238 Å². The molecule has 0 aromatic carbocycles. The quantitative estimate of drug-likeness (QED) is 0.0257. The second-order valence-corrected chi connectivity index (χ2v) is 16.6. The summed E-state index contributed by atoms with van der Waals surface area (Å²) in [5, 5.41) is 28.3. The van der Waals surface area contributed by atoms with Crippen LogP contribution in [0.5, 0.6) is 0 Å². The van der Waals surface area contributed by atoms with Gasteiger partial charge in [0.25, 0.3) is 0 Å². The third-order valence-corrected chi connectivity index (χ3v) is 11.0. The van der Waals surface area contributed by atoms with E-state index in [1.807, 2.05) is 0 Å². The topological polar surface area (TPSA) is 200 Å². The molecule has 0 aliphatic rings. The number of hydrogen-bond donors (Lipinski definition) is 4. The number of nitrogens with two attached hydrogens (primary N) is 1. The molecule has 0 rings (SSSR count). The Morgan fingerprint density at radius 3 is 1.22 bits per heavy atom. The summed E-state index contributed by atoms with van der Waals surface area (Å²) in [5.41, 5.74) is 5.49. The van der Waals surface area contributed by atoms with Gasteiger partial charge in [-0.25, -0.2) is 0 Å². The van der Waals surface area contributed by atoms with Gasteiger partial charge in [-0.2, -0.15) is 0 Å². The molecular weight excluding hydrogens is 755 g/mol. The van der Waals surface area contributed by atoms with Crippen molar-refractivity contribution in [2.45, 2.75) is 256 Å². The Balaban J connectivity index is 3.57. The Morgan fingerprint density at radius 2 is 0.814 bits per heavy atom. The Morgan fingerprint density at radius 1 is 0.441 bits per heavy atom. The fourth-order valence-electron chi connectivity index (χ4n) is 7.16. The fourth-order valence-corrected chi connectivity index (χ4v) is 7.16. The van der Waals surface area contributed by atoms with Gasteiger partial charge in [0.1, 0.15) is 12.1 Å². The lowest BCUT2D eigenvalue weighted by Gasteiger charge is -2.23. The standard InChI is InChI=1S/C47H87NO11/c1-2-3-24-32-42(59-46(54)37-36-40(48)47(55)56)41(49)31-25-18-14-15-21-28-35-45(53)58-39-30-23-17-11-7-6-10-16-22-29-38-57-44(52)34-27-20-13-9-5-4-8-12-19-26-33-43(50)51/h40-42,49H,2-39,48H2,1H3,(H,50,51)(H,55,56)/t40-,41?,42?/m1/s1. The maximum absolute atomic E-state index is 12.3. The first kappa shape index (κ1) is 56.3. The highest BCUT2D eigenvalue weighted by atomic mass is 16.6. The molecule has 12 heteroatoms. The van der Waals surface area contributed by atoms with Crippen LogP contribution < -0.4 is 5.73 Å². The number of rotatable bonds is 45. The lowest BCUT2D eigenvalue weighted by Crippen LogP contribution is -2.33. The zero-order chi connectivity index (χ0) is 43.6. The molecule has 0 aromatic heterocycles. The van der Waals surface area contributed by atoms with Crippen LogP contribution >= 0.6 is 0 Å². The average molecular weight is 842 g/mol. The number of carboxylic acids is 2. The van der Waals surface area contributed by atoms with E-state index in [0.29, 0.717) is 38.9 Å². The molecule has 0 heterocycles. The predicted octanol–water partition coefficient (Wildman–Crippen LogP) is 10.9. The van der Waals surface area contributed by atoms with Crippen LogP contribution in [0, 0.1) is 0 Å². The molecule has 2 unspecified atom stereocenters. The van der Waals surface area contributed by atoms with Gasteiger partial charge in [0.05, 0.1) is 19.3 Å². The summed E-state index contributed by atoms with van der Waals surface area (Å²) in [4.78, 5) is 57.7. The van der Waals surface area contributed by atoms with Gasteiger partial charge in [-0.05, 0) is 57.8 Å². The number of unbranched alkanes of at least 4 members (excludes halogenated alkanes) is 25. The number of carbonyl (C=O) groups excluding carboxylic acids is 3. The first-order valence-electron chi connectivity index (χ1n) is 24.0. The highest BCUT2D eigenvalue weighted by Gasteiger charge is 2.24. The SMILES string of the molecule is CCCCCC(OC(=O)CC[C@@H](N)C(=O)O)C(O)CCCCCCCCC(=O)OCCCCCCCCCCCCOC(=O)CCCCCCCCCCCCC(=O)O. The van der Waals surface area contributed by atoms with Crippen LogP contribution in [-0.2, 0) is 38.2 Å². The van der Waals surface area contributed by atoms with E-state index < -0.39 is 36.2 Å². The molecule has 0 aromatic rings. The molecule has 0 spiro atoms. The number of ether oxygens (including phenoxy) is 3. The first-order valence-corrected chi connectivity index (χ1v) is 24.0. The Labute approximate surface area is 357 Å². The molecule has 3 atom stereocenters. The number of carbonyl (C=O) groups is 5. The second kappa shape index (κ2) is 42.0. The van der Waals surface area contributed by atoms with Gasteiger partial charge in [0.2, 0.25) is 0 Å². The van der Waals surface area contributed by atoms with Crippen molar-refractivity contribution < 1.29 is 53.5 Å². The molecule has 0 saturated heterocycles. The summed E-state index contributed by atoms with van der Waals surface area (Å²) in [6.45, 7) is 3.12. The van der Waals surface area contributed by atoms with Crippen LogP contribution in [0.25, 0.3) is 0 Å². The molecule has 346 valence electrons. The highest BCUT2D eigenvalue weighted by Crippen LogP contribution is 2.19. The van der Waals surface area contributed by atoms with E-state index in [9.17, 15) is 29.1 Å². The molecule has 0 amide bonds. The minimum Gasteiger partial charge on any atom is -0.481 e. The van der Waals surface area contributed by atoms with Crippen molar-refractivity contribution in [3.05, 3.63) is 0 Å². The third kappa shape index (κ3) is 40.4. The summed E-state index contributed by atoms with van der Waals surface area (Å²) >= 11 is 0. The molecule has 0 saturated carbocycles. The Kier molecular flexibility index (Phi) is 40.0. The van der Waals surface area contributed by atoms with Gasteiger partial charge >= 0.3 is 29.8 Å². The van der Waals surface area contributed by atoms with E-state index in [1.54, 1.807) is 0 Å². The summed E-state index contributed by atoms with van der Waals surface area (Å²) in [7, 11) is 0. The summed E-state index contributed by atoms with van der Waals surface area (Å²) in [5.74, 6) is -2.56. The first-order chi connectivity index (χ1) is 28.6. The average Bonchev–Trinajstić information content (AvgIpc) is 3.20. The lowest BCUT2D eigenvalue weighted by atomic mass is 10.00. The highest BCUT2D eigenvalue weighted by molar-refractivity contribution is 5.75. The molecule has 0 bridgehead atoms. The molecule has 0 fully saturated rings. The van der Waals surface area contributed by atoms with Crippen LogP contribution in [-0.4, -0.2) is 76.6 Å². The van der Waals surface area contributed by atoms with Crippen LogP contribution in [0.2, 0.25) is 0 Å². The van der Waals surface area contributed by atoms with Crippen molar-refractivity contribution >= 4 is 29.8 Å². The van der Waals surface area contributed by atoms with Crippen molar-refractivity contribution in [2.75, 3.05) is 13.2 Å². The maximum atomic E-state index is 12.3. The van der Waals surface area contributed by atoms with E-state index in [2.05, 4.69) is 6.92 Å². The number of aliphatic hydroxyl groups is 1. The van der Waals surface area contributed by atoms with Gasteiger partial charge < -0.3 is 35.3 Å². The number of aliphatic hydroxyl groups excluding tert-OH is 1. The normalized spacial score (nSPS) is 12.8. The molecule has 5 N–H and O–H groups in total. The molecule has 0 aliphatic heterocycles. The summed E-state index contributed by atoms with van der Waals surface area (Å²) < 4.78 is 16.4. The van der Waals surface area contributed by atoms with Crippen LogP contribution in [0.4, 0.5) is 0 Å². The number of carboxylic acid groups (broad SMARTS) is 2. The lowest BCUT2D eigenvalue weighted by molar-refractivity contribution is -0.156. The smallest absolute Gasteiger partial charge is 0.320 e. The Hall–Kier alpha value is -2.73. The maximum Gasteiger partial charge on any atom is 0.320 e. The van der Waals surface area contributed by atoms with Gasteiger partial charge in [-0.15, -0.1) is 0 Å². The fraction of sp³-hybridized carbons (Fsp3) is 0.894. The summed E-state index contributed by atoms with van der Waals surface area (Å²) in [6.07, 6.45) is 31.5. The van der Waals surface area contributed by atoms with Crippen LogP contribution in [0.3, 0.4) is 0 Å². The van der Waals surface area contributed by atoms with Gasteiger partial charge in [0.15, 0.2) is 0 Å². The number of esters is 3. The van der Waals surface area contributed by atoms with Gasteiger partial charge in [-0.3, -0.25) is 24.0 Å². The third-order valence-electron chi connectivity index (χ3n) is 11.0. The van der Waals surface area contributed by atoms with Crippen molar-refractivity contribution in [3.8, 4) is 0 Å². The van der Waals surface area contributed by atoms with E-state index in [-0.39, 0.29) is 31.2 Å². The molecule has 12 nitrogen and oxygen atoms in total. The molecule has 59 heavy (non-hydrogen) atoms. The van der Waals surface area contributed by atoms with Crippen LogP contribution in [0.15, 0.2) is 0 Å². The monoisotopic (exact) mass is 842 g/mol. The zero-order valence-corrected chi connectivity index (χ0v) is 37.3. The summed E-state index contributed by atoms with van der Waals surface area (Å²) in [6, 6.07) is -1.11. The molecular formula is C47H87NO11. The van der Waals surface area contributed by atoms with Gasteiger partial charge in [-0.1, -0.05) is 155 Å². The van der Waals surface area contributed by atoms with Crippen molar-refractivity contribution in [3.63, 3.8) is 0 Å². The minimum atomic E-state index is -1.15. The molecule has 0 aliphatic carbocycles. The van der Waals surface area contributed by atoms with Crippen molar-refractivity contribution in [2.24, 2.45) is 5.73 Å². The Bertz CT molecular complexity index is 1040. The predicted molar refractivity (Wildman–Crippen MR) is 233 cm³/mol.